The molecule has 0 unspecified atom stereocenters. The van der Waals surface area contributed by atoms with Crippen molar-refractivity contribution in [2.24, 2.45) is 0 Å². The summed E-state index contributed by atoms with van der Waals surface area (Å²) in [5, 5.41) is 8.40. The van der Waals surface area contributed by atoms with E-state index in [-0.39, 0.29) is 53.2 Å². The molecule has 3 aliphatic rings. The van der Waals surface area contributed by atoms with E-state index in [2.05, 4.69) is 84.1 Å². The Morgan fingerprint density at radius 2 is 0.808 bits per heavy atom. The number of aryl methyl sites for hydroxylation is 4. The summed E-state index contributed by atoms with van der Waals surface area (Å²) >= 11 is 0. The lowest BCUT2D eigenvalue weighted by molar-refractivity contribution is -0.125. The Labute approximate surface area is 599 Å². The summed E-state index contributed by atoms with van der Waals surface area (Å²) < 4.78 is 6.40. The Morgan fingerprint density at radius 3 is 1.19 bits per heavy atom. The number of imidazole rings is 3. The highest BCUT2D eigenvalue weighted by Gasteiger charge is 2.34. The van der Waals surface area contributed by atoms with Gasteiger partial charge in [0.15, 0.2) is 0 Å². The summed E-state index contributed by atoms with van der Waals surface area (Å²) in [4.78, 5) is 121. The fourth-order valence-corrected chi connectivity index (χ4v) is 13.5. The molecule has 24 heteroatoms. The van der Waals surface area contributed by atoms with Crippen LogP contribution in [0.4, 0.5) is 17.5 Å². The molecule has 0 radical (unpaired) electrons. The second-order valence-corrected chi connectivity index (χ2v) is 25.5. The van der Waals surface area contributed by atoms with Crippen LogP contribution >= 0.6 is 0 Å². The maximum atomic E-state index is 12.6. The Balaban J connectivity index is 0.000000139. The third-order valence-corrected chi connectivity index (χ3v) is 18.7. The molecule has 24 nitrogen and oxygen atoms in total. The van der Waals surface area contributed by atoms with Gasteiger partial charge in [0.2, 0.25) is 11.8 Å². The van der Waals surface area contributed by atoms with Crippen molar-refractivity contribution in [3.63, 3.8) is 0 Å². The smallest absolute Gasteiger partial charge is 0.298 e. The highest BCUT2D eigenvalue weighted by atomic mass is 16.2. The van der Waals surface area contributed by atoms with Gasteiger partial charge in [-0.05, 0) is 145 Å². The van der Waals surface area contributed by atoms with E-state index in [9.17, 15) is 28.8 Å². The van der Waals surface area contributed by atoms with Crippen molar-refractivity contribution in [3.8, 4) is 45.6 Å². The lowest BCUT2D eigenvalue weighted by atomic mass is 10.1. The van der Waals surface area contributed by atoms with Crippen LogP contribution in [0.5, 0.6) is 0 Å². The van der Waals surface area contributed by atoms with E-state index in [1.54, 1.807) is 109 Å². The molecule has 3 aromatic carbocycles. The van der Waals surface area contributed by atoms with E-state index >= 15 is 0 Å². The molecule has 0 bridgehead atoms. The van der Waals surface area contributed by atoms with Crippen molar-refractivity contribution in [1.29, 1.82) is 0 Å². The van der Waals surface area contributed by atoms with Crippen LogP contribution < -0.4 is 16.0 Å². The molecule has 0 saturated carbocycles. The summed E-state index contributed by atoms with van der Waals surface area (Å²) in [5.74, 6) is 8.98. The monoisotopic (exact) mass is 1380 g/mol. The first-order valence-electron chi connectivity index (χ1n) is 34.1. The SMILES string of the molecule is C=CC(=O)N1CC[C@@H](c2nc(-c3ccc(C(=O)Nc4ccccn4)cc3)c3c(C)ncc(C)n23)C1.C=CC(=O)N1CC[C@@H](c2nc(-c3ccc(C(=O)Nc4ccccn4)cc3)c3cncc(C)n23)C1.CC#CC(=O)N1CC[C@@H](c2nc(-c3ccc(C(=O)Nc4ccccn4)cc3)c3cncc(C)n23)C1. The largest absolute Gasteiger partial charge is 0.338 e. The quantitative estimate of drug-likeness (QED) is 0.0674. The number of fused-ring (bicyclic) bond motifs is 3. The van der Waals surface area contributed by atoms with Crippen molar-refractivity contribution < 1.29 is 28.8 Å². The molecule has 12 heterocycles. The van der Waals surface area contributed by atoms with Crippen molar-refractivity contribution in [3.05, 3.63) is 259 Å². The maximum absolute atomic E-state index is 12.6. The van der Waals surface area contributed by atoms with Gasteiger partial charge in [0.1, 0.15) is 34.9 Å². The van der Waals surface area contributed by atoms with Crippen LogP contribution in [0.25, 0.3) is 50.3 Å². The first-order valence-corrected chi connectivity index (χ1v) is 34.1. The summed E-state index contributed by atoms with van der Waals surface area (Å²) in [7, 11) is 0. The van der Waals surface area contributed by atoms with E-state index in [1.807, 2.05) is 117 Å². The second kappa shape index (κ2) is 30.7. The van der Waals surface area contributed by atoms with Crippen LogP contribution in [0.15, 0.2) is 202 Å². The summed E-state index contributed by atoms with van der Waals surface area (Å²) in [6, 6.07) is 38.2. The molecule has 3 fully saturated rings. The van der Waals surface area contributed by atoms with Gasteiger partial charge in [-0.3, -0.25) is 56.9 Å². The van der Waals surface area contributed by atoms with Crippen LogP contribution in [-0.4, -0.2) is 147 Å². The molecular weight excluding hydrogens is 1310 g/mol. The Hall–Kier alpha value is -13.2. The lowest BCUT2D eigenvalue weighted by Gasteiger charge is -2.14. The van der Waals surface area contributed by atoms with Crippen molar-refractivity contribution in [2.75, 3.05) is 55.2 Å². The molecule has 6 amide bonds. The standard InChI is InChI=1S/C27H26N6O2.C27H24N6O2.C26H24N6O2/c1-4-23(34)32-14-12-21(16-32)26-31-24(25-18(3)29-15-17(2)33(25)26)19-8-10-20(11-9-19)27(35)30-22-7-5-6-13-28-22;1-3-6-24(34)32-14-12-21(17-32)26-31-25(22-16-28-15-18(2)33(22)26)19-8-10-20(11-9-19)27(35)30-23-7-4-5-13-29-23;1-3-23(33)31-13-11-20(16-31)25-30-24(21-15-27-14-17(2)32(21)25)18-7-9-19(10-8-18)26(34)29-22-6-4-5-12-28-22/h4-11,13,15,21H,1,12,14,16H2,2-3H3,(H,28,30,35);4-5,7-11,13,15-16,21H,12,14,17H2,1-2H3,(H,29,30,35);3-10,12,14-15,20H,1,11,13,16H2,2H3,(H,28,29,34)/t2*21-;20-/m111/s1. The maximum Gasteiger partial charge on any atom is 0.298 e. The first kappa shape index (κ1) is 69.3. The van der Waals surface area contributed by atoms with Crippen molar-refractivity contribution in [2.45, 2.75) is 71.6 Å². The molecule has 15 rings (SSSR count). The van der Waals surface area contributed by atoms with E-state index in [1.165, 1.54) is 12.2 Å². The van der Waals surface area contributed by atoms with Crippen LogP contribution in [0.1, 0.15) is 115 Å². The number of nitrogens with zero attached hydrogens (tertiary/aromatic N) is 15. The number of carbonyl (C=O) groups is 6. The zero-order valence-electron chi connectivity index (χ0n) is 58.1. The van der Waals surface area contributed by atoms with E-state index < -0.39 is 0 Å². The highest BCUT2D eigenvalue weighted by molar-refractivity contribution is 6.06. The van der Waals surface area contributed by atoms with Crippen LogP contribution in [0, 0.1) is 39.5 Å². The van der Waals surface area contributed by atoms with E-state index in [4.69, 9.17) is 15.0 Å². The minimum absolute atomic E-state index is 0.0530. The predicted octanol–water partition coefficient (Wildman–Crippen LogP) is 11.7. The second-order valence-electron chi connectivity index (χ2n) is 25.5. The molecule has 3 saturated heterocycles. The number of pyridine rings is 3. The number of benzene rings is 3. The summed E-state index contributed by atoms with van der Waals surface area (Å²) in [6.07, 6.45) is 19.2. The van der Waals surface area contributed by atoms with Gasteiger partial charge in [-0.25, -0.2) is 29.9 Å². The lowest BCUT2D eigenvalue weighted by Crippen LogP contribution is -2.27. The number of amides is 6. The molecule has 12 aromatic rings. The molecule has 0 spiro atoms. The number of hydrogen-bond acceptors (Lipinski definition) is 15. The van der Waals surface area contributed by atoms with Gasteiger partial charge in [0.05, 0.1) is 51.7 Å². The van der Waals surface area contributed by atoms with Gasteiger partial charge < -0.3 is 30.7 Å². The highest BCUT2D eigenvalue weighted by Crippen LogP contribution is 2.38. The van der Waals surface area contributed by atoms with Gasteiger partial charge in [0.25, 0.3) is 23.6 Å². The number of aromatic nitrogens is 12. The fourth-order valence-electron chi connectivity index (χ4n) is 13.5. The topological polar surface area (TPSA) is 277 Å². The molecule has 104 heavy (non-hydrogen) atoms. The Morgan fingerprint density at radius 1 is 0.442 bits per heavy atom. The molecule has 3 atom stereocenters. The van der Waals surface area contributed by atoms with Gasteiger partial charge in [-0.2, -0.15) is 0 Å². The number of anilines is 3. The van der Waals surface area contributed by atoms with Gasteiger partial charge >= 0.3 is 0 Å². The molecule has 0 aliphatic carbocycles. The zero-order chi connectivity index (χ0) is 72.5. The minimum Gasteiger partial charge on any atom is -0.338 e. The van der Waals surface area contributed by atoms with Crippen LogP contribution in [0.3, 0.4) is 0 Å². The van der Waals surface area contributed by atoms with Gasteiger partial charge in [0, 0.05) is 145 Å². The molecule has 3 aliphatic heterocycles. The average molecular weight is 1380 g/mol. The average Bonchev–Trinajstić information content (AvgIpc) is 1.61. The molecule has 520 valence electrons. The number of rotatable bonds is 14. The first-order chi connectivity index (χ1) is 50.5. The zero-order valence-corrected chi connectivity index (χ0v) is 58.1. The normalized spacial score (nSPS) is 15.3. The third kappa shape index (κ3) is 14.7. The number of likely N-dealkylation sites (tertiary alicyclic amines) is 3. The van der Waals surface area contributed by atoms with E-state index in [0.717, 1.165) is 110 Å². The van der Waals surface area contributed by atoms with Gasteiger partial charge in [-0.1, -0.05) is 73.7 Å². The van der Waals surface area contributed by atoms with Gasteiger partial charge in [-0.15, -0.1) is 0 Å². The summed E-state index contributed by atoms with van der Waals surface area (Å²) in [5.41, 5.74) is 13.2. The molecule has 3 N–H and O–H groups in total. The molecular formula is C80H74N18O6. The molecule has 9 aromatic heterocycles. The number of carbonyl (C=O) groups excluding carboxylic acids is 6. The number of hydrogen-bond donors (Lipinski definition) is 3. The number of nitrogens with one attached hydrogen (secondary N) is 3. The van der Waals surface area contributed by atoms with E-state index in [0.29, 0.717) is 73.4 Å². The van der Waals surface area contributed by atoms with Crippen LogP contribution in [-0.2, 0) is 14.4 Å². The third-order valence-electron chi connectivity index (χ3n) is 18.7. The predicted molar refractivity (Wildman–Crippen MR) is 396 cm³/mol. The van der Waals surface area contributed by atoms with Crippen molar-refractivity contribution >= 4 is 69.4 Å². The van der Waals surface area contributed by atoms with Crippen LogP contribution in [0.2, 0.25) is 0 Å². The Kier molecular flexibility index (Phi) is 20.5. The summed E-state index contributed by atoms with van der Waals surface area (Å²) in [6.45, 7) is 20.7. The Bertz CT molecular complexity index is 5320. The van der Waals surface area contributed by atoms with Crippen molar-refractivity contribution in [1.82, 2.24) is 72.8 Å². The fraction of sp³-hybridized carbons (Fsp3) is 0.212. The minimum atomic E-state index is -0.228.